The molecule has 2 nitrogen and oxygen atoms in total. The van der Waals surface area contributed by atoms with E-state index in [1.54, 1.807) is 12.1 Å². The first-order valence-corrected chi connectivity index (χ1v) is 9.81. The van der Waals surface area contributed by atoms with Crippen LogP contribution in [0.5, 0.6) is 0 Å². The van der Waals surface area contributed by atoms with Crippen molar-refractivity contribution in [3.63, 3.8) is 0 Å². The van der Waals surface area contributed by atoms with Gasteiger partial charge < -0.3 is 10.0 Å². The van der Waals surface area contributed by atoms with E-state index in [0.717, 1.165) is 11.1 Å². The second-order valence-corrected chi connectivity index (χ2v) is 7.65. The molecule has 2 N–H and O–H groups in total. The molecule has 2 aliphatic carbocycles. The molecule has 0 fully saturated rings. The summed E-state index contributed by atoms with van der Waals surface area (Å²) in [6.45, 7) is 6.03. The molecule has 0 radical (unpaired) electrons. The van der Waals surface area contributed by atoms with Crippen molar-refractivity contribution in [2.75, 3.05) is 0 Å². The SMILES string of the molecule is C.C=C/C=C\C1=C(C)c2ccccc2C12c1ccccc1-c1ccc(B(O)O)cc12. The van der Waals surface area contributed by atoms with Gasteiger partial charge in [-0.2, -0.15) is 0 Å². The molecule has 2 aliphatic rings. The molecule has 148 valence electrons. The zero-order valence-corrected chi connectivity index (χ0v) is 16.3. The Morgan fingerprint density at radius 1 is 0.833 bits per heavy atom. The van der Waals surface area contributed by atoms with Crippen LogP contribution < -0.4 is 5.46 Å². The monoisotopic (exact) mass is 392 g/mol. The molecule has 30 heavy (non-hydrogen) atoms. The zero-order chi connectivity index (χ0) is 20.2. The fourth-order valence-corrected chi connectivity index (χ4v) is 5.16. The second kappa shape index (κ2) is 7.28. The van der Waals surface area contributed by atoms with Crippen molar-refractivity contribution in [1.82, 2.24) is 0 Å². The van der Waals surface area contributed by atoms with Gasteiger partial charge >= 0.3 is 7.12 Å². The number of hydrogen-bond donors (Lipinski definition) is 2. The molecular weight excluding hydrogens is 367 g/mol. The minimum atomic E-state index is -1.50. The summed E-state index contributed by atoms with van der Waals surface area (Å²) in [5.74, 6) is 0. The molecule has 5 rings (SSSR count). The summed E-state index contributed by atoms with van der Waals surface area (Å²) in [5.41, 5.74) is 9.58. The fraction of sp³-hybridized carbons (Fsp3) is 0.111. The van der Waals surface area contributed by atoms with Crippen LogP contribution >= 0.6 is 0 Å². The Bertz CT molecular complexity index is 1220. The molecule has 0 bridgehead atoms. The second-order valence-electron chi connectivity index (χ2n) is 7.65. The van der Waals surface area contributed by atoms with Crippen molar-refractivity contribution in [2.24, 2.45) is 0 Å². The summed E-state index contributed by atoms with van der Waals surface area (Å²) in [7, 11) is -1.50. The average molecular weight is 392 g/mol. The molecule has 1 spiro atoms. The smallest absolute Gasteiger partial charge is 0.423 e. The summed E-state index contributed by atoms with van der Waals surface area (Å²) in [6, 6.07) is 22.8. The van der Waals surface area contributed by atoms with Gasteiger partial charge in [-0.05, 0) is 56.9 Å². The average Bonchev–Trinajstić information content (AvgIpc) is 3.18. The lowest BCUT2D eigenvalue weighted by Crippen LogP contribution is -2.33. The molecule has 0 saturated heterocycles. The van der Waals surface area contributed by atoms with Crippen LogP contribution in [0.4, 0.5) is 0 Å². The Labute approximate surface area is 178 Å². The standard InChI is InChI=1S/C26H21BO2.CH4/c1-3-4-11-22-17(2)19-9-5-7-12-23(19)26(22)24-13-8-6-10-20(24)21-15-14-18(27(28)29)16-25(21)26;/h3-16,28-29H,1H2,2H3;1H4/b11-4-;. The molecule has 0 aromatic heterocycles. The number of benzene rings is 3. The summed E-state index contributed by atoms with van der Waals surface area (Å²) in [6.07, 6.45) is 5.93. The van der Waals surface area contributed by atoms with E-state index in [0.29, 0.717) is 5.46 Å². The first-order valence-electron chi connectivity index (χ1n) is 9.81. The third kappa shape index (κ3) is 2.46. The molecule has 0 heterocycles. The minimum absolute atomic E-state index is 0. The maximum Gasteiger partial charge on any atom is 0.488 e. The highest BCUT2D eigenvalue weighted by molar-refractivity contribution is 6.58. The highest BCUT2D eigenvalue weighted by Gasteiger charge is 2.51. The van der Waals surface area contributed by atoms with Gasteiger partial charge in [0.15, 0.2) is 0 Å². The van der Waals surface area contributed by atoms with E-state index in [-0.39, 0.29) is 7.43 Å². The van der Waals surface area contributed by atoms with Gasteiger partial charge in [0.25, 0.3) is 0 Å². The highest BCUT2D eigenvalue weighted by Crippen LogP contribution is 2.61. The largest absolute Gasteiger partial charge is 0.488 e. The van der Waals surface area contributed by atoms with Gasteiger partial charge in [0.05, 0.1) is 5.41 Å². The van der Waals surface area contributed by atoms with Crippen molar-refractivity contribution in [2.45, 2.75) is 19.8 Å². The molecule has 1 atom stereocenters. The summed E-state index contributed by atoms with van der Waals surface area (Å²) in [5, 5.41) is 19.7. The fourth-order valence-electron chi connectivity index (χ4n) is 5.16. The Kier molecular flexibility index (Phi) is 4.89. The maximum atomic E-state index is 9.87. The lowest BCUT2D eigenvalue weighted by Gasteiger charge is -2.32. The van der Waals surface area contributed by atoms with Crippen molar-refractivity contribution >= 4 is 18.2 Å². The first-order chi connectivity index (χ1) is 14.1. The van der Waals surface area contributed by atoms with Crippen LogP contribution in [0.25, 0.3) is 16.7 Å². The summed E-state index contributed by atoms with van der Waals surface area (Å²) < 4.78 is 0. The maximum absolute atomic E-state index is 9.87. The Morgan fingerprint density at radius 3 is 2.10 bits per heavy atom. The molecule has 0 amide bonds. The van der Waals surface area contributed by atoms with E-state index >= 15 is 0 Å². The molecule has 0 saturated carbocycles. The zero-order valence-electron chi connectivity index (χ0n) is 16.3. The van der Waals surface area contributed by atoms with Crippen molar-refractivity contribution in [3.8, 4) is 11.1 Å². The molecule has 0 aliphatic heterocycles. The van der Waals surface area contributed by atoms with Crippen LogP contribution in [0, 0.1) is 0 Å². The Hall–Kier alpha value is -3.14. The van der Waals surface area contributed by atoms with E-state index in [1.807, 2.05) is 18.2 Å². The van der Waals surface area contributed by atoms with Crippen LogP contribution in [-0.4, -0.2) is 17.2 Å². The van der Waals surface area contributed by atoms with E-state index in [4.69, 9.17) is 0 Å². The van der Waals surface area contributed by atoms with Crippen LogP contribution in [0.1, 0.15) is 36.6 Å². The third-order valence-electron chi connectivity index (χ3n) is 6.31. The van der Waals surface area contributed by atoms with Crippen LogP contribution in [-0.2, 0) is 5.41 Å². The van der Waals surface area contributed by atoms with Crippen LogP contribution in [0.3, 0.4) is 0 Å². The summed E-state index contributed by atoms with van der Waals surface area (Å²) in [4.78, 5) is 0. The topological polar surface area (TPSA) is 40.5 Å². The number of fused-ring (bicyclic) bond motifs is 7. The van der Waals surface area contributed by atoms with Crippen molar-refractivity contribution in [1.29, 1.82) is 0 Å². The predicted molar refractivity (Wildman–Crippen MR) is 127 cm³/mol. The third-order valence-corrected chi connectivity index (χ3v) is 6.31. The Balaban J connectivity index is 0.00000218. The molecule has 3 aromatic carbocycles. The van der Waals surface area contributed by atoms with Crippen LogP contribution in [0.15, 0.2) is 97.1 Å². The van der Waals surface area contributed by atoms with Gasteiger partial charge in [-0.25, -0.2) is 0 Å². The highest BCUT2D eigenvalue weighted by atomic mass is 16.4. The lowest BCUT2D eigenvalue weighted by atomic mass is 9.67. The minimum Gasteiger partial charge on any atom is -0.423 e. The first kappa shape index (κ1) is 20.2. The van der Waals surface area contributed by atoms with Gasteiger partial charge in [-0.15, -0.1) is 0 Å². The van der Waals surface area contributed by atoms with E-state index in [9.17, 15) is 10.0 Å². The Morgan fingerprint density at radius 2 is 1.43 bits per heavy atom. The van der Waals surface area contributed by atoms with Gasteiger partial charge in [0.1, 0.15) is 0 Å². The van der Waals surface area contributed by atoms with Crippen LogP contribution in [0.2, 0.25) is 0 Å². The van der Waals surface area contributed by atoms with Gasteiger partial charge in [0, 0.05) is 0 Å². The molecule has 3 heteroatoms. The molecule has 3 aromatic rings. The van der Waals surface area contributed by atoms with Crippen molar-refractivity contribution < 1.29 is 10.0 Å². The predicted octanol–water partition coefficient (Wildman–Crippen LogP) is 4.85. The normalized spacial score (nSPS) is 18.2. The summed E-state index contributed by atoms with van der Waals surface area (Å²) >= 11 is 0. The van der Waals surface area contributed by atoms with Crippen molar-refractivity contribution in [3.05, 3.63) is 119 Å². The quantitative estimate of drug-likeness (QED) is 0.494. The van der Waals surface area contributed by atoms with Gasteiger partial charge in [0.2, 0.25) is 0 Å². The number of allylic oxidation sites excluding steroid dienone is 5. The van der Waals surface area contributed by atoms with E-state index in [2.05, 4.69) is 68.1 Å². The molecular formula is C27H25BO2. The number of hydrogen-bond acceptors (Lipinski definition) is 2. The van der Waals surface area contributed by atoms with E-state index in [1.165, 1.54) is 33.4 Å². The van der Waals surface area contributed by atoms with Gasteiger partial charge in [-0.1, -0.05) is 99.0 Å². The number of rotatable bonds is 3. The molecule has 1 unspecified atom stereocenters. The van der Waals surface area contributed by atoms with E-state index < -0.39 is 12.5 Å². The lowest BCUT2D eigenvalue weighted by molar-refractivity contribution is 0.425. The van der Waals surface area contributed by atoms with Gasteiger partial charge in [-0.3, -0.25) is 0 Å².